The Labute approximate surface area is 102 Å². The molecule has 0 aromatic rings. The summed E-state index contributed by atoms with van der Waals surface area (Å²) in [4.78, 5) is 2.66. The quantitative estimate of drug-likeness (QED) is 0.684. The third kappa shape index (κ3) is 5.86. The van der Waals surface area contributed by atoms with Crippen LogP contribution in [0, 0.1) is 11.8 Å². The van der Waals surface area contributed by atoms with Crippen LogP contribution in [-0.4, -0.2) is 36.6 Å². The van der Waals surface area contributed by atoms with Crippen molar-refractivity contribution in [3.8, 4) is 0 Å². The first-order chi connectivity index (χ1) is 7.49. The summed E-state index contributed by atoms with van der Waals surface area (Å²) in [6.45, 7) is 15.2. The van der Waals surface area contributed by atoms with Crippen LogP contribution in [0.15, 0.2) is 0 Å². The molecule has 0 aromatic heterocycles. The van der Waals surface area contributed by atoms with E-state index in [2.05, 4.69) is 44.8 Å². The molecule has 0 heterocycles. The van der Waals surface area contributed by atoms with Gasteiger partial charge in [0.1, 0.15) is 0 Å². The van der Waals surface area contributed by atoms with Crippen LogP contribution in [0.4, 0.5) is 0 Å². The van der Waals surface area contributed by atoms with Gasteiger partial charge < -0.3 is 10.2 Å². The van der Waals surface area contributed by atoms with Crippen molar-refractivity contribution in [2.45, 2.75) is 59.5 Å². The first kappa shape index (κ1) is 14.0. The number of hydrogen-bond acceptors (Lipinski definition) is 2. The zero-order valence-electron chi connectivity index (χ0n) is 11.8. The zero-order valence-corrected chi connectivity index (χ0v) is 11.8. The SMILES string of the molecule is CC(CNC(C)C)CN(CC1CC1)C(C)C. The third-order valence-electron chi connectivity index (χ3n) is 3.34. The number of nitrogens with zero attached hydrogens (tertiary/aromatic N) is 1. The Morgan fingerprint density at radius 2 is 1.75 bits per heavy atom. The number of nitrogens with one attached hydrogen (secondary N) is 1. The topological polar surface area (TPSA) is 15.3 Å². The zero-order chi connectivity index (χ0) is 12.1. The van der Waals surface area contributed by atoms with Gasteiger partial charge in [-0.15, -0.1) is 0 Å². The Balaban J connectivity index is 2.23. The molecule has 0 aliphatic heterocycles. The molecule has 0 spiro atoms. The molecule has 2 nitrogen and oxygen atoms in total. The van der Waals surface area contributed by atoms with Gasteiger partial charge in [0.15, 0.2) is 0 Å². The monoisotopic (exact) mass is 226 g/mol. The normalized spacial score (nSPS) is 18.8. The van der Waals surface area contributed by atoms with Crippen LogP contribution in [0.3, 0.4) is 0 Å². The lowest BCUT2D eigenvalue weighted by Gasteiger charge is -2.29. The van der Waals surface area contributed by atoms with Gasteiger partial charge in [0.2, 0.25) is 0 Å². The first-order valence-electron chi connectivity index (χ1n) is 6.96. The molecule has 0 bridgehead atoms. The van der Waals surface area contributed by atoms with Gasteiger partial charge in [0, 0.05) is 25.2 Å². The molecule has 16 heavy (non-hydrogen) atoms. The van der Waals surface area contributed by atoms with Crippen molar-refractivity contribution < 1.29 is 0 Å². The molecule has 0 amide bonds. The van der Waals surface area contributed by atoms with Crippen molar-refractivity contribution in [2.24, 2.45) is 11.8 Å². The van der Waals surface area contributed by atoms with Gasteiger partial charge in [-0.2, -0.15) is 0 Å². The van der Waals surface area contributed by atoms with Gasteiger partial charge >= 0.3 is 0 Å². The van der Waals surface area contributed by atoms with Crippen molar-refractivity contribution in [2.75, 3.05) is 19.6 Å². The fraction of sp³-hybridized carbons (Fsp3) is 1.00. The third-order valence-corrected chi connectivity index (χ3v) is 3.34. The van der Waals surface area contributed by atoms with Crippen LogP contribution in [0.2, 0.25) is 0 Å². The van der Waals surface area contributed by atoms with E-state index in [9.17, 15) is 0 Å². The average Bonchev–Trinajstić information content (AvgIpc) is 2.97. The summed E-state index contributed by atoms with van der Waals surface area (Å²) in [5.74, 6) is 1.76. The number of hydrogen-bond donors (Lipinski definition) is 1. The highest BCUT2D eigenvalue weighted by atomic mass is 15.2. The molecule has 0 saturated heterocycles. The summed E-state index contributed by atoms with van der Waals surface area (Å²) in [7, 11) is 0. The predicted molar refractivity (Wildman–Crippen MR) is 71.7 cm³/mol. The fourth-order valence-corrected chi connectivity index (χ4v) is 2.03. The molecule has 1 fully saturated rings. The fourth-order valence-electron chi connectivity index (χ4n) is 2.03. The molecule has 0 aromatic carbocycles. The largest absolute Gasteiger partial charge is 0.314 e. The number of rotatable bonds is 8. The first-order valence-corrected chi connectivity index (χ1v) is 6.96. The van der Waals surface area contributed by atoms with E-state index in [-0.39, 0.29) is 0 Å². The lowest BCUT2D eigenvalue weighted by atomic mass is 10.1. The lowest BCUT2D eigenvalue weighted by molar-refractivity contribution is 0.182. The summed E-state index contributed by atoms with van der Waals surface area (Å²) in [6.07, 6.45) is 2.92. The molecule has 2 heteroatoms. The minimum atomic E-state index is 0.610. The van der Waals surface area contributed by atoms with Crippen LogP contribution < -0.4 is 5.32 Å². The lowest BCUT2D eigenvalue weighted by Crippen LogP contribution is -2.40. The van der Waals surface area contributed by atoms with Crippen molar-refractivity contribution >= 4 is 0 Å². The molecule has 1 aliphatic rings. The maximum absolute atomic E-state index is 3.53. The summed E-state index contributed by atoms with van der Waals surface area (Å²) in [5, 5.41) is 3.53. The summed E-state index contributed by atoms with van der Waals surface area (Å²) >= 11 is 0. The Hall–Kier alpha value is -0.0800. The molecule has 96 valence electrons. The van der Waals surface area contributed by atoms with Crippen molar-refractivity contribution in [1.29, 1.82) is 0 Å². The second-order valence-electron chi connectivity index (χ2n) is 6.16. The van der Waals surface area contributed by atoms with Crippen LogP contribution in [-0.2, 0) is 0 Å². The Morgan fingerprint density at radius 1 is 1.12 bits per heavy atom. The highest BCUT2D eigenvalue weighted by Crippen LogP contribution is 2.30. The maximum atomic E-state index is 3.53. The average molecular weight is 226 g/mol. The van der Waals surface area contributed by atoms with Crippen molar-refractivity contribution in [3.63, 3.8) is 0 Å². The van der Waals surface area contributed by atoms with E-state index in [4.69, 9.17) is 0 Å². The van der Waals surface area contributed by atoms with Gasteiger partial charge in [-0.25, -0.2) is 0 Å². The van der Waals surface area contributed by atoms with E-state index in [0.717, 1.165) is 18.4 Å². The minimum Gasteiger partial charge on any atom is -0.314 e. The predicted octanol–water partition coefficient (Wildman–Crippen LogP) is 2.74. The maximum Gasteiger partial charge on any atom is 0.00388 e. The highest BCUT2D eigenvalue weighted by Gasteiger charge is 2.26. The molecule has 1 N–H and O–H groups in total. The van der Waals surface area contributed by atoms with Gasteiger partial charge in [0.05, 0.1) is 0 Å². The Morgan fingerprint density at radius 3 is 2.19 bits per heavy atom. The molecule has 1 unspecified atom stereocenters. The van der Waals surface area contributed by atoms with E-state index < -0.39 is 0 Å². The van der Waals surface area contributed by atoms with Crippen LogP contribution in [0.25, 0.3) is 0 Å². The summed E-state index contributed by atoms with van der Waals surface area (Å²) < 4.78 is 0. The van der Waals surface area contributed by atoms with Crippen LogP contribution in [0.5, 0.6) is 0 Å². The molecule has 1 atom stereocenters. The summed E-state index contributed by atoms with van der Waals surface area (Å²) in [6, 6.07) is 1.31. The molecule has 1 saturated carbocycles. The smallest absolute Gasteiger partial charge is 0.00388 e. The molecule has 1 aliphatic carbocycles. The van der Waals surface area contributed by atoms with Gasteiger partial charge in [0.25, 0.3) is 0 Å². The van der Waals surface area contributed by atoms with Crippen LogP contribution in [0.1, 0.15) is 47.5 Å². The van der Waals surface area contributed by atoms with E-state index in [1.54, 1.807) is 0 Å². The second-order valence-corrected chi connectivity index (χ2v) is 6.16. The van der Waals surface area contributed by atoms with Gasteiger partial charge in [-0.05, 0) is 45.1 Å². The molecule has 0 radical (unpaired) electrons. The van der Waals surface area contributed by atoms with E-state index in [1.165, 1.54) is 25.9 Å². The van der Waals surface area contributed by atoms with E-state index >= 15 is 0 Å². The summed E-state index contributed by atoms with van der Waals surface area (Å²) in [5.41, 5.74) is 0. The van der Waals surface area contributed by atoms with E-state index in [0.29, 0.717) is 12.1 Å². The Bertz CT molecular complexity index is 185. The second kappa shape index (κ2) is 6.61. The van der Waals surface area contributed by atoms with Gasteiger partial charge in [-0.3, -0.25) is 0 Å². The van der Waals surface area contributed by atoms with Crippen molar-refractivity contribution in [1.82, 2.24) is 10.2 Å². The van der Waals surface area contributed by atoms with Crippen molar-refractivity contribution in [3.05, 3.63) is 0 Å². The van der Waals surface area contributed by atoms with E-state index in [1.807, 2.05) is 0 Å². The highest BCUT2D eigenvalue weighted by molar-refractivity contribution is 4.79. The van der Waals surface area contributed by atoms with Crippen LogP contribution >= 0.6 is 0 Å². The molecule has 1 rings (SSSR count). The molecular weight excluding hydrogens is 196 g/mol. The molecular formula is C14H30N2. The minimum absolute atomic E-state index is 0.610. The Kier molecular flexibility index (Phi) is 5.77. The standard InChI is InChI=1S/C14H30N2/c1-11(2)15-8-13(5)9-16(12(3)4)10-14-6-7-14/h11-15H,6-10H2,1-5H3. The van der Waals surface area contributed by atoms with Gasteiger partial charge in [-0.1, -0.05) is 20.8 Å².